The Hall–Kier alpha value is -0.530. The lowest BCUT2D eigenvalue weighted by atomic mass is 9.93. The van der Waals surface area contributed by atoms with Gasteiger partial charge in [-0.25, -0.2) is 0 Å². The van der Waals surface area contributed by atoms with E-state index in [-0.39, 0.29) is 5.91 Å². The zero-order valence-electron chi connectivity index (χ0n) is 9.05. The summed E-state index contributed by atoms with van der Waals surface area (Å²) in [6, 6.07) is 0.881. The highest BCUT2D eigenvalue weighted by atomic mass is 16.2. The van der Waals surface area contributed by atoms with Crippen LogP contribution in [0.3, 0.4) is 0 Å². The molecule has 1 amide bonds. The summed E-state index contributed by atoms with van der Waals surface area (Å²) in [7, 11) is 0. The van der Waals surface area contributed by atoms with Gasteiger partial charge < -0.3 is 4.90 Å². The predicted octanol–water partition coefficient (Wildman–Crippen LogP) is 2.58. The van der Waals surface area contributed by atoms with Gasteiger partial charge in [-0.3, -0.25) is 4.79 Å². The molecule has 0 radical (unpaired) electrons. The van der Waals surface area contributed by atoms with Crippen molar-refractivity contribution in [3.8, 4) is 0 Å². The first kappa shape index (κ1) is 10.6. The van der Waals surface area contributed by atoms with E-state index >= 15 is 0 Å². The zero-order chi connectivity index (χ0) is 9.84. The van der Waals surface area contributed by atoms with Gasteiger partial charge in [0.15, 0.2) is 0 Å². The van der Waals surface area contributed by atoms with E-state index < -0.39 is 0 Å². The minimum Gasteiger partial charge on any atom is -0.338 e. The average molecular weight is 183 g/mol. The summed E-state index contributed by atoms with van der Waals surface area (Å²) in [5.74, 6) is 0.238. The van der Waals surface area contributed by atoms with Crippen molar-refractivity contribution in [2.45, 2.75) is 65.0 Å². The van der Waals surface area contributed by atoms with Crippen LogP contribution >= 0.6 is 0 Å². The maximum absolute atomic E-state index is 11.4. The molecule has 0 saturated heterocycles. The maximum atomic E-state index is 11.4. The second kappa shape index (κ2) is 4.64. The Morgan fingerprint density at radius 1 is 1.23 bits per heavy atom. The van der Waals surface area contributed by atoms with Crippen molar-refractivity contribution < 1.29 is 4.79 Å². The van der Waals surface area contributed by atoms with Crippen LogP contribution in [0.5, 0.6) is 0 Å². The molecule has 0 aromatic rings. The Morgan fingerprint density at radius 3 is 2.15 bits per heavy atom. The SMILES string of the molecule is CC(=O)N(C(C)C)C1CCCCC1. The van der Waals surface area contributed by atoms with E-state index in [0.717, 1.165) is 0 Å². The smallest absolute Gasteiger partial charge is 0.219 e. The molecular formula is C11H21NO. The fraction of sp³-hybridized carbons (Fsp3) is 0.909. The first-order valence-corrected chi connectivity index (χ1v) is 5.42. The molecule has 0 aliphatic heterocycles. The molecule has 0 aromatic carbocycles. The van der Waals surface area contributed by atoms with Crippen molar-refractivity contribution in [2.24, 2.45) is 0 Å². The zero-order valence-corrected chi connectivity index (χ0v) is 9.05. The number of rotatable bonds is 2. The van der Waals surface area contributed by atoms with Gasteiger partial charge in [0.25, 0.3) is 0 Å². The van der Waals surface area contributed by atoms with Crippen LogP contribution in [0.1, 0.15) is 52.9 Å². The number of hydrogen-bond acceptors (Lipinski definition) is 1. The molecule has 0 unspecified atom stereocenters. The Labute approximate surface area is 81.3 Å². The fourth-order valence-electron chi connectivity index (χ4n) is 2.40. The summed E-state index contributed by atoms with van der Waals surface area (Å²) in [5.41, 5.74) is 0. The van der Waals surface area contributed by atoms with Crippen molar-refractivity contribution in [3.63, 3.8) is 0 Å². The Balaban J connectivity index is 2.57. The van der Waals surface area contributed by atoms with Crippen LogP contribution in [0.4, 0.5) is 0 Å². The third-order valence-electron chi connectivity index (χ3n) is 2.89. The number of carbonyl (C=O) groups is 1. The molecule has 0 aromatic heterocycles. The highest BCUT2D eigenvalue weighted by molar-refractivity contribution is 5.73. The van der Waals surface area contributed by atoms with Crippen molar-refractivity contribution in [2.75, 3.05) is 0 Å². The molecule has 76 valence electrons. The van der Waals surface area contributed by atoms with Gasteiger partial charge in [-0.2, -0.15) is 0 Å². The number of carbonyl (C=O) groups excluding carboxylic acids is 1. The molecule has 1 saturated carbocycles. The van der Waals surface area contributed by atoms with Gasteiger partial charge in [0.2, 0.25) is 5.91 Å². The van der Waals surface area contributed by atoms with Crippen molar-refractivity contribution in [1.82, 2.24) is 4.90 Å². The predicted molar refractivity (Wildman–Crippen MR) is 54.5 cm³/mol. The van der Waals surface area contributed by atoms with Gasteiger partial charge in [-0.05, 0) is 26.7 Å². The normalized spacial score (nSPS) is 19.1. The molecule has 1 fully saturated rings. The molecule has 1 aliphatic carbocycles. The van der Waals surface area contributed by atoms with Crippen molar-refractivity contribution in [3.05, 3.63) is 0 Å². The van der Waals surface area contributed by atoms with E-state index in [1.165, 1.54) is 32.1 Å². The van der Waals surface area contributed by atoms with Crippen LogP contribution in [0.15, 0.2) is 0 Å². The van der Waals surface area contributed by atoms with Crippen LogP contribution in [0, 0.1) is 0 Å². The Kier molecular flexibility index (Phi) is 3.76. The van der Waals surface area contributed by atoms with Gasteiger partial charge in [0.1, 0.15) is 0 Å². The first-order valence-electron chi connectivity index (χ1n) is 5.42. The monoisotopic (exact) mass is 183 g/mol. The summed E-state index contributed by atoms with van der Waals surface area (Å²) < 4.78 is 0. The highest BCUT2D eigenvalue weighted by Gasteiger charge is 2.24. The third kappa shape index (κ3) is 2.71. The van der Waals surface area contributed by atoms with E-state index in [1.54, 1.807) is 6.92 Å². The molecule has 1 aliphatic rings. The quantitative estimate of drug-likeness (QED) is 0.644. The van der Waals surface area contributed by atoms with Crippen LogP contribution in [-0.4, -0.2) is 22.9 Å². The van der Waals surface area contributed by atoms with Gasteiger partial charge in [-0.1, -0.05) is 19.3 Å². The van der Waals surface area contributed by atoms with Gasteiger partial charge in [0.05, 0.1) is 0 Å². The lowest BCUT2D eigenvalue weighted by molar-refractivity contribution is -0.133. The highest BCUT2D eigenvalue weighted by Crippen LogP contribution is 2.24. The summed E-state index contributed by atoms with van der Waals surface area (Å²) in [5, 5.41) is 0. The molecule has 2 nitrogen and oxygen atoms in total. The molecular weight excluding hydrogens is 162 g/mol. The topological polar surface area (TPSA) is 20.3 Å². The van der Waals surface area contributed by atoms with Gasteiger partial charge in [-0.15, -0.1) is 0 Å². The Bertz CT molecular complexity index is 171. The minimum atomic E-state index is 0.238. The van der Waals surface area contributed by atoms with Crippen LogP contribution in [0.2, 0.25) is 0 Å². The minimum absolute atomic E-state index is 0.238. The summed E-state index contributed by atoms with van der Waals surface area (Å²) in [6.45, 7) is 5.90. The Morgan fingerprint density at radius 2 is 1.77 bits per heavy atom. The summed E-state index contributed by atoms with van der Waals surface area (Å²) in [4.78, 5) is 13.5. The molecule has 0 spiro atoms. The molecule has 13 heavy (non-hydrogen) atoms. The van der Waals surface area contributed by atoms with Crippen molar-refractivity contribution in [1.29, 1.82) is 0 Å². The molecule has 0 heterocycles. The van der Waals surface area contributed by atoms with E-state index in [9.17, 15) is 4.79 Å². The van der Waals surface area contributed by atoms with E-state index in [1.807, 2.05) is 0 Å². The number of hydrogen-bond donors (Lipinski definition) is 0. The number of nitrogens with zero attached hydrogens (tertiary/aromatic N) is 1. The lowest BCUT2D eigenvalue weighted by Crippen LogP contribution is -2.44. The van der Waals surface area contributed by atoms with E-state index in [0.29, 0.717) is 12.1 Å². The molecule has 0 atom stereocenters. The summed E-state index contributed by atoms with van der Waals surface area (Å²) in [6.07, 6.45) is 6.35. The molecule has 1 rings (SSSR count). The van der Waals surface area contributed by atoms with E-state index in [2.05, 4.69) is 18.7 Å². The molecule has 2 heteroatoms. The van der Waals surface area contributed by atoms with Crippen molar-refractivity contribution >= 4 is 5.91 Å². The van der Waals surface area contributed by atoms with Gasteiger partial charge >= 0.3 is 0 Å². The molecule has 0 N–H and O–H groups in total. The van der Waals surface area contributed by atoms with Gasteiger partial charge in [0, 0.05) is 19.0 Å². The molecule has 0 bridgehead atoms. The van der Waals surface area contributed by atoms with Crippen LogP contribution in [-0.2, 0) is 4.79 Å². The number of amides is 1. The average Bonchev–Trinajstić information content (AvgIpc) is 2.04. The lowest BCUT2D eigenvalue weighted by Gasteiger charge is -2.36. The largest absolute Gasteiger partial charge is 0.338 e. The second-order valence-electron chi connectivity index (χ2n) is 4.31. The third-order valence-corrected chi connectivity index (χ3v) is 2.89. The van der Waals surface area contributed by atoms with Crippen LogP contribution in [0.25, 0.3) is 0 Å². The maximum Gasteiger partial charge on any atom is 0.219 e. The fourth-order valence-corrected chi connectivity index (χ4v) is 2.40. The second-order valence-corrected chi connectivity index (χ2v) is 4.31. The standard InChI is InChI=1S/C11H21NO/c1-9(2)12(10(3)13)11-7-5-4-6-8-11/h9,11H,4-8H2,1-3H3. The van der Waals surface area contributed by atoms with E-state index in [4.69, 9.17) is 0 Å². The summed E-state index contributed by atoms with van der Waals surface area (Å²) >= 11 is 0. The van der Waals surface area contributed by atoms with Crippen LogP contribution < -0.4 is 0 Å². The first-order chi connectivity index (χ1) is 6.13.